The Hall–Kier alpha value is -2.48. The summed E-state index contributed by atoms with van der Waals surface area (Å²) in [5, 5.41) is 19.7. The molecule has 0 amide bonds. The molecule has 2 aromatic carbocycles. The topological polar surface area (TPSA) is 70.3 Å². The van der Waals surface area contributed by atoms with Gasteiger partial charge in [0.05, 0.1) is 17.9 Å². The van der Waals surface area contributed by atoms with Crippen LogP contribution in [0.1, 0.15) is 25.3 Å². The molecule has 0 radical (unpaired) electrons. The quantitative estimate of drug-likeness (QED) is 0.615. The lowest BCUT2D eigenvalue weighted by Crippen LogP contribution is -2.19. The van der Waals surface area contributed by atoms with Gasteiger partial charge in [-0.3, -0.25) is 4.79 Å². The molecule has 28 heavy (non-hydrogen) atoms. The van der Waals surface area contributed by atoms with Gasteiger partial charge in [0.15, 0.2) is 0 Å². The van der Waals surface area contributed by atoms with Crippen LogP contribution in [0.3, 0.4) is 0 Å². The van der Waals surface area contributed by atoms with E-state index in [1.807, 2.05) is 44.2 Å². The molecule has 3 atom stereocenters. The molecule has 1 N–H and O–H groups in total. The van der Waals surface area contributed by atoms with Crippen LogP contribution in [-0.4, -0.2) is 11.1 Å². The van der Waals surface area contributed by atoms with Gasteiger partial charge in [-0.05, 0) is 41.3 Å². The van der Waals surface area contributed by atoms with E-state index in [2.05, 4.69) is 6.07 Å². The number of halogens is 2. The molecule has 0 aromatic heterocycles. The molecular formula is C22H19Cl2NO3. The van der Waals surface area contributed by atoms with Gasteiger partial charge < -0.3 is 9.84 Å². The fourth-order valence-corrected chi connectivity index (χ4v) is 4.62. The predicted molar refractivity (Wildman–Crippen MR) is 108 cm³/mol. The van der Waals surface area contributed by atoms with E-state index in [9.17, 15) is 15.2 Å². The number of rotatable bonds is 6. The second-order valence-corrected chi connectivity index (χ2v) is 8.42. The van der Waals surface area contributed by atoms with Gasteiger partial charge in [-0.15, -0.1) is 0 Å². The monoisotopic (exact) mass is 415 g/mol. The molecule has 0 saturated heterocycles. The number of para-hydroxylation sites is 1. The molecule has 0 heterocycles. The van der Waals surface area contributed by atoms with Gasteiger partial charge in [0.1, 0.15) is 16.0 Å². The van der Waals surface area contributed by atoms with Gasteiger partial charge in [-0.1, -0.05) is 67.4 Å². The number of hydrogen-bond donors (Lipinski definition) is 1. The van der Waals surface area contributed by atoms with E-state index < -0.39 is 28.6 Å². The zero-order valence-corrected chi connectivity index (χ0v) is 16.9. The lowest BCUT2D eigenvalue weighted by Gasteiger charge is -2.23. The van der Waals surface area contributed by atoms with Gasteiger partial charge in [-0.25, -0.2) is 0 Å². The summed E-state index contributed by atoms with van der Waals surface area (Å²) in [6.45, 7) is 3.63. The number of nitriles is 1. The molecule has 2 aromatic rings. The maximum absolute atomic E-state index is 11.9. The lowest BCUT2D eigenvalue weighted by atomic mass is 9.78. The van der Waals surface area contributed by atoms with E-state index >= 15 is 0 Å². The summed E-state index contributed by atoms with van der Waals surface area (Å²) in [6, 6.07) is 18.7. The number of carbonyl (C=O) groups is 1. The number of ether oxygens (including phenoxy) is 1. The van der Waals surface area contributed by atoms with Gasteiger partial charge in [-0.2, -0.15) is 5.26 Å². The molecule has 1 aliphatic carbocycles. The molecule has 0 bridgehead atoms. The molecule has 1 aliphatic rings. The van der Waals surface area contributed by atoms with Crippen molar-refractivity contribution >= 4 is 29.2 Å². The van der Waals surface area contributed by atoms with Gasteiger partial charge in [0.2, 0.25) is 0 Å². The van der Waals surface area contributed by atoms with Crippen LogP contribution < -0.4 is 4.74 Å². The highest BCUT2D eigenvalue weighted by Crippen LogP contribution is 2.75. The average molecular weight is 416 g/mol. The predicted octanol–water partition coefficient (Wildman–Crippen LogP) is 6.13. The van der Waals surface area contributed by atoms with Gasteiger partial charge >= 0.3 is 5.97 Å². The van der Waals surface area contributed by atoms with Crippen molar-refractivity contribution < 1.29 is 14.6 Å². The number of nitrogens with zero attached hydrogens (tertiary/aromatic N) is 1. The first kappa shape index (κ1) is 20.3. The third-order valence-electron chi connectivity index (χ3n) is 5.60. The molecule has 0 spiro atoms. The Morgan fingerprint density at radius 3 is 2.36 bits per heavy atom. The van der Waals surface area contributed by atoms with Crippen molar-refractivity contribution in [3.05, 3.63) is 70.7 Å². The summed E-state index contributed by atoms with van der Waals surface area (Å²) in [7, 11) is 0. The first-order valence-electron chi connectivity index (χ1n) is 8.73. The molecule has 3 rings (SSSR count). The molecule has 4 nitrogen and oxygen atoms in total. The number of aliphatic carboxylic acids is 1. The summed E-state index contributed by atoms with van der Waals surface area (Å²) in [6.07, 6.45) is 1.51. The van der Waals surface area contributed by atoms with Crippen LogP contribution in [0.5, 0.6) is 11.5 Å². The van der Waals surface area contributed by atoms with Crippen molar-refractivity contribution in [1.29, 1.82) is 5.26 Å². The van der Waals surface area contributed by atoms with Crippen LogP contribution in [0.15, 0.2) is 65.2 Å². The van der Waals surface area contributed by atoms with Crippen molar-refractivity contribution in [2.24, 2.45) is 16.7 Å². The minimum Gasteiger partial charge on any atom is -0.481 e. The molecule has 1 fully saturated rings. The van der Waals surface area contributed by atoms with Crippen LogP contribution in [0.2, 0.25) is 0 Å². The van der Waals surface area contributed by atoms with Crippen LogP contribution in [0.4, 0.5) is 0 Å². The first-order valence-corrected chi connectivity index (χ1v) is 9.48. The van der Waals surface area contributed by atoms with E-state index in [0.717, 1.165) is 0 Å². The fourth-order valence-electron chi connectivity index (χ4n) is 4.25. The van der Waals surface area contributed by atoms with Crippen molar-refractivity contribution in [3.8, 4) is 17.6 Å². The third kappa shape index (κ3) is 3.37. The Balaban J connectivity index is 2.03. The lowest BCUT2D eigenvalue weighted by molar-refractivity contribution is -0.139. The molecule has 6 heteroatoms. The summed E-state index contributed by atoms with van der Waals surface area (Å²) in [5.41, 5.74) is -1.05. The zero-order valence-electron chi connectivity index (χ0n) is 15.4. The summed E-state index contributed by atoms with van der Waals surface area (Å²) < 4.78 is 5.81. The number of carboxylic acid groups (broad SMARTS) is 1. The van der Waals surface area contributed by atoms with Crippen molar-refractivity contribution in [2.75, 3.05) is 0 Å². The smallest absolute Gasteiger partial charge is 0.308 e. The summed E-state index contributed by atoms with van der Waals surface area (Å²) >= 11 is 11.9. The van der Waals surface area contributed by atoms with Gasteiger partial charge in [0, 0.05) is 5.41 Å². The zero-order chi connectivity index (χ0) is 20.5. The van der Waals surface area contributed by atoms with Gasteiger partial charge in [0.25, 0.3) is 0 Å². The second-order valence-electron chi connectivity index (χ2n) is 7.41. The van der Waals surface area contributed by atoms with Crippen LogP contribution in [-0.2, 0) is 4.79 Å². The number of benzene rings is 2. The summed E-state index contributed by atoms with van der Waals surface area (Å²) in [4.78, 5) is 11.9. The standard InChI is InChI=1S/C22H19Cl2NO3/c1-21(2)19(20(26)27)22(21,12-18(23)24)17(13-25)14-7-6-10-16(11-14)28-15-8-4-3-5-9-15/h3-12,17,19H,1-2H3,(H,26,27). The minimum absolute atomic E-state index is 0.0474. The Labute approximate surface area is 174 Å². The SMILES string of the molecule is CC1(C)C(C(=O)O)C1(C=C(Cl)Cl)C(C#N)c1cccc(Oc2ccccc2)c1. The van der Waals surface area contributed by atoms with Crippen LogP contribution >= 0.6 is 23.2 Å². The highest BCUT2D eigenvalue weighted by Gasteiger charge is 2.76. The molecular weight excluding hydrogens is 397 g/mol. The Kier molecular flexibility index (Phi) is 5.43. The number of allylic oxidation sites excluding steroid dienone is 1. The van der Waals surface area contributed by atoms with Crippen molar-refractivity contribution in [3.63, 3.8) is 0 Å². The minimum atomic E-state index is -1.02. The molecule has 144 valence electrons. The van der Waals surface area contributed by atoms with Crippen LogP contribution in [0, 0.1) is 28.1 Å². The maximum atomic E-state index is 11.9. The highest BCUT2D eigenvalue weighted by molar-refractivity contribution is 6.55. The Morgan fingerprint density at radius 1 is 1.18 bits per heavy atom. The van der Waals surface area contributed by atoms with E-state index in [1.54, 1.807) is 24.3 Å². The molecule has 3 unspecified atom stereocenters. The Morgan fingerprint density at radius 2 is 1.82 bits per heavy atom. The van der Waals surface area contributed by atoms with E-state index in [1.165, 1.54) is 6.08 Å². The number of carboxylic acids is 1. The van der Waals surface area contributed by atoms with Crippen LogP contribution in [0.25, 0.3) is 0 Å². The van der Waals surface area contributed by atoms with E-state index in [0.29, 0.717) is 17.1 Å². The number of hydrogen-bond acceptors (Lipinski definition) is 3. The normalized spacial score (nSPS) is 23.2. The van der Waals surface area contributed by atoms with E-state index in [4.69, 9.17) is 27.9 Å². The highest BCUT2D eigenvalue weighted by atomic mass is 35.5. The summed E-state index contributed by atoms with van der Waals surface area (Å²) in [5.74, 6) is -1.29. The Bertz CT molecular complexity index is 961. The third-order valence-corrected chi connectivity index (χ3v) is 5.82. The van der Waals surface area contributed by atoms with Crippen molar-refractivity contribution in [2.45, 2.75) is 19.8 Å². The fraction of sp³-hybridized carbons (Fsp3) is 0.273. The second kappa shape index (κ2) is 7.50. The largest absolute Gasteiger partial charge is 0.481 e. The first-order chi connectivity index (χ1) is 13.2. The average Bonchev–Trinajstić information content (AvgIpc) is 3.11. The van der Waals surface area contributed by atoms with Crippen molar-refractivity contribution in [1.82, 2.24) is 0 Å². The maximum Gasteiger partial charge on any atom is 0.308 e. The van der Waals surface area contributed by atoms with E-state index in [-0.39, 0.29) is 4.49 Å². The molecule has 0 aliphatic heterocycles. The molecule has 1 saturated carbocycles.